The van der Waals surface area contributed by atoms with E-state index in [1.165, 1.54) is 0 Å². The number of nitrogens with two attached hydrogens (primary N) is 1. The molecule has 0 aliphatic carbocycles. The molecule has 0 amide bonds. The lowest BCUT2D eigenvalue weighted by Crippen LogP contribution is -2.39. The van der Waals surface area contributed by atoms with E-state index in [4.69, 9.17) is 10.5 Å². The van der Waals surface area contributed by atoms with Gasteiger partial charge in [0.25, 0.3) is 5.56 Å². The van der Waals surface area contributed by atoms with E-state index in [0.717, 1.165) is 63.6 Å². The van der Waals surface area contributed by atoms with Crippen LogP contribution in [0.15, 0.2) is 10.9 Å². The lowest BCUT2D eigenvalue weighted by molar-refractivity contribution is 0.000965. The number of nitrogens with one attached hydrogen (secondary N) is 1. The summed E-state index contributed by atoms with van der Waals surface area (Å²) in [5, 5.41) is 0. The number of rotatable bonds is 4. The summed E-state index contributed by atoms with van der Waals surface area (Å²) in [5.74, 6) is 1.28. The van der Waals surface area contributed by atoms with E-state index in [1.54, 1.807) is 6.07 Å². The predicted molar refractivity (Wildman–Crippen MR) is 84.5 cm³/mol. The second-order valence-electron chi connectivity index (χ2n) is 6.61. The van der Waals surface area contributed by atoms with Gasteiger partial charge in [0, 0.05) is 38.1 Å². The molecule has 2 aliphatic heterocycles. The minimum atomic E-state index is -0.0581. The van der Waals surface area contributed by atoms with Gasteiger partial charge in [-0.15, -0.1) is 0 Å². The van der Waals surface area contributed by atoms with Crippen LogP contribution in [0.4, 0.5) is 0 Å². The summed E-state index contributed by atoms with van der Waals surface area (Å²) in [4.78, 5) is 21.5. The molecule has 1 spiro atoms. The molecule has 1 unspecified atom stereocenters. The average Bonchev–Trinajstić information content (AvgIpc) is 2.84. The van der Waals surface area contributed by atoms with Gasteiger partial charge >= 0.3 is 0 Å². The Morgan fingerprint density at radius 3 is 2.95 bits per heavy atom. The fourth-order valence-corrected chi connectivity index (χ4v) is 3.96. The van der Waals surface area contributed by atoms with Crippen molar-refractivity contribution in [3.05, 3.63) is 27.9 Å². The van der Waals surface area contributed by atoms with Crippen molar-refractivity contribution in [3.63, 3.8) is 0 Å². The summed E-state index contributed by atoms with van der Waals surface area (Å²) in [7, 11) is 0. The Hall–Kier alpha value is -1.24. The van der Waals surface area contributed by atoms with Gasteiger partial charge in [-0.1, -0.05) is 6.92 Å². The van der Waals surface area contributed by atoms with Crippen LogP contribution in [-0.4, -0.2) is 47.7 Å². The van der Waals surface area contributed by atoms with Crippen molar-refractivity contribution >= 4 is 0 Å². The summed E-state index contributed by atoms with van der Waals surface area (Å²) in [5.41, 5.74) is 7.11. The van der Waals surface area contributed by atoms with Crippen LogP contribution in [0.5, 0.6) is 0 Å². The van der Waals surface area contributed by atoms with Crippen LogP contribution in [0.2, 0.25) is 0 Å². The Bertz CT molecular complexity index is 566. The minimum Gasteiger partial charge on any atom is -0.381 e. The fraction of sp³-hybridized carbons (Fsp3) is 0.750. The van der Waals surface area contributed by atoms with E-state index < -0.39 is 0 Å². The van der Waals surface area contributed by atoms with E-state index in [9.17, 15) is 4.79 Å². The molecule has 0 aromatic carbocycles. The van der Waals surface area contributed by atoms with Crippen LogP contribution in [0, 0.1) is 11.3 Å². The lowest BCUT2D eigenvalue weighted by atomic mass is 9.72. The van der Waals surface area contributed by atoms with E-state index in [-0.39, 0.29) is 11.0 Å². The average molecular weight is 306 g/mol. The maximum absolute atomic E-state index is 11.7. The van der Waals surface area contributed by atoms with E-state index in [2.05, 4.69) is 14.9 Å². The summed E-state index contributed by atoms with van der Waals surface area (Å²) >= 11 is 0. The van der Waals surface area contributed by atoms with Gasteiger partial charge in [-0.3, -0.25) is 9.69 Å². The molecule has 0 radical (unpaired) electrons. The first-order chi connectivity index (χ1) is 10.6. The van der Waals surface area contributed by atoms with Crippen LogP contribution in [0.3, 0.4) is 0 Å². The highest BCUT2D eigenvalue weighted by Crippen LogP contribution is 2.43. The molecule has 0 saturated carbocycles. The highest BCUT2D eigenvalue weighted by Gasteiger charge is 2.46. The van der Waals surface area contributed by atoms with Crippen molar-refractivity contribution in [1.82, 2.24) is 14.9 Å². The molecule has 6 heteroatoms. The van der Waals surface area contributed by atoms with Crippen molar-refractivity contribution in [2.24, 2.45) is 17.1 Å². The van der Waals surface area contributed by atoms with Crippen molar-refractivity contribution in [2.45, 2.75) is 32.7 Å². The first kappa shape index (κ1) is 15.6. The molecule has 22 heavy (non-hydrogen) atoms. The maximum atomic E-state index is 11.7. The summed E-state index contributed by atoms with van der Waals surface area (Å²) < 4.78 is 5.53. The van der Waals surface area contributed by atoms with Gasteiger partial charge in [-0.25, -0.2) is 4.98 Å². The Morgan fingerprint density at radius 2 is 2.27 bits per heavy atom. The van der Waals surface area contributed by atoms with Crippen LogP contribution in [-0.2, 0) is 17.7 Å². The number of aromatic amines is 1. The number of ether oxygens (including phenoxy) is 1. The third kappa shape index (κ3) is 3.09. The molecule has 3 rings (SSSR count). The molecule has 2 saturated heterocycles. The zero-order chi connectivity index (χ0) is 15.6. The Kier molecular flexibility index (Phi) is 4.61. The van der Waals surface area contributed by atoms with Crippen molar-refractivity contribution in [2.75, 3.05) is 32.8 Å². The van der Waals surface area contributed by atoms with Crippen LogP contribution in [0.25, 0.3) is 0 Å². The summed E-state index contributed by atoms with van der Waals surface area (Å²) in [6.45, 7) is 7.12. The molecule has 1 atom stereocenters. The molecule has 122 valence electrons. The molecular formula is C16H26N4O2. The highest BCUT2D eigenvalue weighted by atomic mass is 16.5. The molecular weight excluding hydrogens is 280 g/mol. The smallest absolute Gasteiger partial charge is 0.251 e. The first-order valence-electron chi connectivity index (χ1n) is 8.24. The number of hydrogen-bond acceptors (Lipinski definition) is 5. The molecule has 3 heterocycles. The standard InChI is InChI=1S/C16H26N4O2/c1-2-13-7-15(21)19-14(18-13)10-20-9-12(8-17)16(11-20)3-5-22-6-4-16/h7,12H,2-6,8-11,17H2,1H3,(H,18,19,21). The third-order valence-electron chi connectivity index (χ3n) is 5.24. The molecule has 2 aliphatic rings. The normalized spacial score (nSPS) is 24.9. The van der Waals surface area contributed by atoms with Gasteiger partial charge in [0.05, 0.1) is 6.54 Å². The largest absolute Gasteiger partial charge is 0.381 e. The highest BCUT2D eigenvalue weighted by molar-refractivity contribution is 5.04. The quantitative estimate of drug-likeness (QED) is 0.847. The zero-order valence-corrected chi connectivity index (χ0v) is 13.3. The van der Waals surface area contributed by atoms with Gasteiger partial charge in [0.1, 0.15) is 5.82 Å². The minimum absolute atomic E-state index is 0.0581. The number of likely N-dealkylation sites (tertiary alicyclic amines) is 1. The third-order valence-corrected chi connectivity index (χ3v) is 5.24. The number of aromatic nitrogens is 2. The summed E-state index contributed by atoms with van der Waals surface area (Å²) in [6, 6.07) is 1.58. The molecule has 3 N–H and O–H groups in total. The van der Waals surface area contributed by atoms with E-state index in [0.29, 0.717) is 12.5 Å². The SMILES string of the molecule is CCc1cc(=O)[nH]c(CN2CC(CN)C3(CCOCC3)C2)n1. The lowest BCUT2D eigenvalue weighted by Gasteiger charge is -2.37. The number of nitrogens with zero attached hydrogens (tertiary/aromatic N) is 2. The second kappa shape index (κ2) is 6.48. The van der Waals surface area contributed by atoms with Crippen LogP contribution < -0.4 is 11.3 Å². The van der Waals surface area contributed by atoms with Crippen molar-refractivity contribution in [1.29, 1.82) is 0 Å². The predicted octanol–water partition coefficient (Wildman–Crippen LogP) is 0.520. The van der Waals surface area contributed by atoms with E-state index >= 15 is 0 Å². The molecule has 2 fully saturated rings. The fourth-order valence-electron chi connectivity index (χ4n) is 3.96. The molecule has 1 aromatic heterocycles. The topological polar surface area (TPSA) is 84.2 Å². The first-order valence-corrected chi connectivity index (χ1v) is 8.24. The Morgan fingerprint density at radius 1 is 1.50 bits per heavy atom. The number of H-pyrrole nitrogens is 1. The molecule has 0 bridgehead atoms. The maximum Gasteiger partial charge on any atom is 0.251 e. The van der Waals surface area contributed by atoms with Crippen LogP contribution in [0.1, 0.15) is 31.3 Å². The Labute approximate surface area is 131 Å². The van der Waals surface area contributed by atoms with E-state index in [1.807, 2.05) is 6.92 Å². The van der Waals surface area contributed by atoms with Gasteiger partial charge in [-0.2, -0.15) is 0 Å². The molecule has 1 aromatic rings. The monoisotopic (exact) mass is 306 g/mol. The Balaban J connectivity index is 1.74. The van der Waals surface area contributed by atoms with Gasteiger partial charge in [-0.05, 0) is 37.1 Å². The van der Waals surface area contributed by atoms with Crippen molar-refractivity contribution in [3.8, 4) is 0 Å². The summed E-state index contributed by atoms with van der Waals surface area (Å²) in [6.07, 6.45) is 2.96. The van der Waals surface area contributed by atoms with Crippen molar-refractivity contribution < 1.29 is 4.74 Å². The number of hydrogen-bond donors (Lipinski definition) is 2. The van der Waals surface area contributed by atoms with Crippen LogP contribution >= 0.6 is 0 Å². The van der Waals surface area contributed by atoms with Gasteiger partial charge in [0.2, 0.25) is 0 Å². The van der Waals surface area contributed by atoms with Gasteiger partial charge < -0.3 is 15.5 Å². The molecule has 6 nitrogen and oxygen atoms in total. The van der Waals surface area contributed by atoms with Gasteiger partial charge in [0.15, 0.2) is 0 Å². The zero-order valence-electron chi connectivity index (χ0n) is 13.3. The number of aryl methyl sites for hydroxylation is 1. The second-order valence-corrected chi connectivity index (χ2v) is 6.61.